The molecule has 3 aromatic carbocycles. The number of ether oxygens (including phenoxy) is 1. The average molecular weight is 465 g/mol. The van der Waals surface area contributed by atoms with Crippen LogP contribution in [-0.4, -0.2) is 35.9 Å². The monoisotopic (exact) mass is 464 g/mol. The number of hydrogen-bond acceptors (Lipinski definition) is 3. The third-order valence-corrected chi connectivity index (χ3v) is 5.49. The fourth-order valence-corrected chi connectivity index (χ4v) is 3.70. The van der Waals surface area contributed by atoms with E-state index in [9.17, 15) is 9.59 Å². The molecule has 5 nitrogen and oxygen atoms in total. The first-order valence-electron chi connectivity index (χ1n) is 11.0. The van der Waals surface area contributed by atoms with Crippen LogP contribution in [0.4, 0.5) is 0 Å². The molecule has 172 valence electrons. The number of nitrogens with zero attached hydrogens (tertiary/aromatic N) is 1. The standard InChI is InChI=1S/C27H29ClN2O3/c1-3-29-27(32)25(16-21-8-5-4-6-9-21)30(18-22-14-12-20(2)13-15-22)26(31)19-33-24-11-7-10-23(28)17-24/h4-15,17,25H,3,16,18-19H2,1-2H3,(H,29,32)/t25-/m0/s1. The summed E-state index contributed by atoms with van der Waals surface area (Å²) in [6.07, 6.45) is 0.404. The van der Waals surface area contributed by atoms with E-state index in [0.29, 0.717) is 30.3 Å². The van der Waals surface area contributed by atoms with Gasteiger partial charge in [0.25, 0.3) is 5.91 Å². The number of benzene rings is 3. The maximum atomic E-state index is 13.4. The van der Waals surface area contributed by atoms with Crippen LogP contribution in [0, 0.1) is 6.92 Å². The summed E-state index contributed by atoms with van der Waals surface area (Å²) >= 11 is 6.03. The maximum Gasteiger partial charge on any atom is 0.261 e. The largest absolute Gasteiger partial charge is 0.484 e. The summed E-state index contributed by atoms with van der Waals surface area (Å²) in [6, 6.07) is 23.9. The van der Waals surface area contributed by atoms with Crippen LogP contribution >= 0.6 is 11.6 Å². The molecule has 0 saturated heterocycles. The van der Waals surface area contributed by atoms with E-state index in [-0.39, 0.29) is 18.4 Å². The fraction of sp³-hybridized carbons (Fsp3) is 0.259. The zero-order valence-electron chi connectivity index (χ0n) is 19.0. The van der Waals surface area contributed by atoms with Crippen molar-refractivity contribution in [2.75, 3.05) is 13.2 Å². The van der Waals surface area contributed by atoms with Gasteiger partial charge in [0.1, 0.15) is 11.8 Å². The predicted octanol–water partition coefficient (Wildman–Crippen LogP) is 4.80. The SMILES string of the molecule is CCNC(=O)[C@H](Cc1ccccc1)N(Cc1ccc(C)cc1)C(=O)COc1cccc(Cl)c1. The molecule has 2 amide bonds. The molecule has 0 radical (unpaired) electrons. The minimum atomic E-state index is -0.677. The molecule has 33 heavy (non-hydrogen) atoms. The van der Waals surface area contributed by atoms with Gasteiger partial charge >= 0.3 is 0 Å². The Balaban J connectivity index is 1.88. The van der Waals surface area contributed by atoms with E-state index < -0.39 is 6.04 Å². The first-order chi connectivity index (χ1) is 16.0. The number of rotatable bonds is 10. The lowest BCUT2D eigenvalue weighted by Gasteiger charge is -2.31. The van der Waals surface area contributed by atoms with Gasteiger partial charge in [-0.05, 0) is 43.2 Å². The quantitative estimate of drug-likeness (QED) is 0.468. The number of likely N-dealkylation sites (N-methyl/N-ethyl adjacent to an activating group) is 1. The summed E-state index contributed by atoms with van der Waals surface area (Å²) in [7, 11) is 0. The Hall–Kier alpha value is -3.31. The van der Waals surface area contributed by atoms with Gasteiger partial charge in [0, 0.05) is 24.5 Å². The van der Waals surface area contributed by atoms with Gasteiger partial charge in [0.2, 0.25) is 5.91 Å². The van der Waals surface area contributed by atoms with Crippen molar-refractivity contribution >= 4 is 23.4 Å². The van der Waals surface area contributed by atoms with Crippen molar-refractivity contribution in [2.45, 2.75) is 32.9 Å². The maximum absolute atomic E-state index is 13.4. The van der Waals surface area contributed by atoms with Crippen molar-refractivity contribution in [1.29, 1.82) is 0 Å². The zero-order chi connectivity index (χ0) is 23.6. The molecule has 6 heteroatoms. The summed E-state index contributed by atoms with van der Waals surface area (Å²) in [5.41, 5.74) is 3.05. The highest BCUT2D eigenvalue weighted by atomic mass is 35.5. The van der Waals surface area contributed by atoms with Crippen molar-refractivity contribution < 1.29 is 14.3 Å². The van der Waals surface area contributed by atoms with Gasteiger partial charge in [-0.25, -0.2) is 0 Å². The molecule has 0 heterocycles. The normalized spacial score (nSPS) is 11.5. The molecule has 0 aromatic heterocycles. The van der Waals surface area contributed by atoms with Gasteiger partial charge in [-0.15, -0.1) is 0 Å². The molecular formula is C27H29ClN2O3. The smallest absolute Gasteiger partial charge is 0.261 e. The minimum Gasteiger partial charge on any atom is -0.484 e. The van der Waals surface area contributed by atoms with Crippen molar-refractivity contribution in [3.8, 4) is 5.75 Å². The lowest BCUT2D eigenvalue weighted by Crippen LogP contribution is -2.51. The molecule has 3 rings (SSSR count). The van der Waals surface area contributed by atoms with Gasteiger partial charge in [-0.1, -0.05) is 77.8 Å². The van der Waals surface area contributed by atoms with Gasteiger partial charge < -0.3 is 15.0 Å². The van der Waals surface area contributed by atoms with E-state index in [4.69, 9.17) is 16.3 Å². The van der Waals surface area contributed by atoms with E-state index >= 15 is 0 Å². The van der Waals surface area contributed by atoms with Crippen LogP contribution in [0.2, 0.25) is 5.02 Å². The van der Waals surface area contributed by atoms with Crippen LogP contribution in [0.25, 0.3) is 0 Å². The van der Waals surface area contributed by atoms with Gasteiger partial charge in [-0.3, -0.25) is 9.59 Å². The number of halogens is 1. The van der Waals surface area contributed by atoms with Gasteiger partial charge in [0.15, 0.2) is 6.61 Å². The molecular weight excluding hydrogens is 436 g/mol. The summed E-state index contributed by atoms with van der Waals surface area (Å²) in [5.74, 6) is 0.0380. The molecule has 1 N–H and O–H groups in total. The van der Waals surface area contributed by atoms with E-state index in [2.05, 4.69) is 5.32 Å². The Kier molecular flexibility index (Phi) is 8.90. The molecule has 0 aliphatic heterocycles. The Morgan fingerprint density at radius 2 is 1.70 bits per heavy atom. The van der Waals surface area contributed by atoms with Crippen LogP contribution in [-0.2, 0) is 22.6 Å². The lowest BCUT2D eigenvalue weighted by molar-refractivity contribution is -0.142. The van der Waals surface area contributed by atoms with Crippen LogP contribution in [0.1, 0.15) is 23.6 Å². The molecule has 0 aliphatic rings. The summed E-state index contributed by atoms with van der Waals surface area (Å²) in [5, 5.41) is 3.41. The van der Waals surface area contributed by atoms with Crippen LogP contribution in [0.5, 0.6) is 5.75 Å². The van der Waals surface area contributed by atoms with Crippen LogP contribution < -0.4 is 10.1 Å². The second-order valence-electron chi connectivity index (χ2n) is 7.85. The molecule has 0 fully saturated rings. The fourth-order valence-electron chi connectivity index (χ4n) is 3.52. The number of nitrogens with one attached hydrogen (secondary N) is 1. The van der Waals surface area contributed by atoms with Crippen LogP contribution in [0.3, 0.4) is 0 Å². The molecule has 0 saturated carbocycles. The molecule has 3 aromatic rings. The summed E-state index contributed by atoms with van der Waals surface area (Å²) in [6.45, 7) is 4.46. The minimum absolute atomic E-state index is 0.190. The molecule has 0 bridgehead atoms. The van der Waals surface area contributed by atoms with Crippen molar-refractivity contribution in [3.63, 3.8) is 0 Å². The molecule has 0 aliphatic carbocycles. The van der Waals surface area contributed by atoms with Gasteiger partial charge in [0.05, 0.1) is 0 Å². The second kappa shape index (κ2) is 12.1. The summed E-state index contributed by atoms with van der Waals surface area (Å²) in [4.78, 5) is 28.1. The Morgan fingerprint density at radius 1 is 0.970 bits per heavy atom. The Morgan fingerprint density at radius 3 is 2.36 bits per heavy atom. The van der Waals surface area contributed by atoms with Crippen LogP contribution in [0.15, 0.2) is 78.9 Å². The van der Waals surface area contributed by atoms with Crippen molar-refractivity contribution in [3.05, 3.63) is 101 Å². The van der Waals surface area contributed by atoms with E-state index in [1.54, 1.807) is 29.2 Å². The van der Waals surface area contributed by atoms with Crippen molar-refractivity contribution in [2.24, 2.45) is 0 Å². The van der Waals surface area contributed by atoms with Gasteiger partial charge in [-0.2, -0.15) is 0 Å². The Labute approximate surface area is 200 Å². The van der Waals surface area contributed by atoms with E-state index in [1.807, 2.05) is 68.4 Å². The van der Waals surface area contributed by atoms with Crippen molar-refractivity contribution in [1.82, 2.24) is 10.2 Å². The predicted molar refractivity (Wildman–Crippen MR) is 131 cm³/mol. The number of aryl methyl sites for hydroxylation is 1. The number of carbonyl (C=O) groups is 2. The average Bonchev–Trinajstić information content (AvgIpc) is 2.82. The highest BCUT2D eigenvalue weighted by Crippen LogP contribution is 2.19. The topological polar surface area (TPSA) is 58.6 Å². The Bertz CT molecular complexity index is 1050. The second-order valence-corrected chi connectivity index (χ2v) is 8.29. The molecule has 0 spiro atoms. The number of hydrogen-bond donors (Lipinski definition) is 1. The third kappa shape index (κ3) is 7.36. The number of amides is 2. The first-order valence-corrected chi connectivity index (χ1v) is 11.4. The highest BCUT2D eigenvalue weighted by Gasteiger charge is 2.30. The molecule has 1 atom stereocenters. The zero-order valence-corrected chi connectivity index (χ0v) is 19.7. The third-order valence-electron chi connectivity index (χ3n) is 5.25. The summed E-state index contributed by atoms with van der Waals surface area (Å²) < 4.78 is 5.72. The van der Waals surface area contributed by atoms with E-state index in [1.165, 1.54) is 0 Å². The highest BCUT2D eigenvalue weighted by molar-refractivity contribution is 6.30. The first kappa shape index (κ1) is 24.3. The van der Waals surface area contributed by atoms with E-state index in [0.717, 1.165) is 16.7 Å². The number of carbonyl (C=O) groups excluding carboxylic acids is 2. The lowest BCUT2D eigenvalue weighted by atomic mass is 10.0. The molecule has 0 unspecified atom stereocenters.